The Morgan fingerprint density at radius 3 is 2.59 bits per heavy atom. The lowest BCUT2D eigenvalue weighted by Crippen LogP contribution is -2.45. The van der Waals surface area contributed by atoms with E-state index in [1.807, 2.05) is 6.20 Å². The maximum atomic E-state index is 11.6. The summed E-state index contributed by atoms with van der Waals surface area (Å²) in [6, 6.07) is 3.39. The topological polar surface area (TPSA) is 28.5 Å². The monoisotopic (exact) mass is 299 g/mol. The Morgan fingerprint density at radius 2 is 1.88 bits per heavy atom. The van der Waals surface area contributed by atoms with E-state index < -0.39 is 0 Å². The molecule has 2 heterocycles. The first-order valence-electron chi connectivity index (χ1n) is 5.92. The summed E-state index contributed by atoms with van der Waals surface area (Å²) in [5, 5.41) is 0. The number of rotatable bonds is 3. The van der Waals surface area contributed by atoms with Crippen LogP contribution in [0.5, 0.6) is 0 Å². The molecule has 0 aliphatic carbocycles. The van der Waals surface area contributed by atoms with Gasteiger partial charge in [-0.15, -0.1) is 0 Å². The van der Waals surface area contributed by atoms with Gasteiger partial charge in [0.25, 0.3) is 5.56 Å². The van der Waals surface area contributed by atoms with Crippen molar-refractivity contribution in [2.45, 2.75) is 6.54 Å². The number of nitrogens with zero attached hydrogens (tertiary/aromatic N) is 3. The Kier molecular flexibility index (Phi) is 4.36. The summed E-state index contributed by atoms with van der Waals surface area (Å²) < 4.78 is 2.72. The van der Waals surface area contributed by atoms with Gasteiger partial charge in [0.1, 0.15) is 0 Å². The van der Waals surface area contributed by atoms with Crippen LogP contribution in [0.2, 0.25) is 0 Å². The van der Waals surface area contributed by atoms with Gasteiger partial charge in [0.05, 0.1) is 0 Å². The fourth-order valence-electron chi connectivity index (χ4n) is 2.00. The SMILES string of the molecule is CN1CCN(CCn2cc(Br)ccc2=O)CC1. The highest BCUT2D eigenvalue weighted by Gasteiger charge is 2.13. The molecule has 0 unspecified atom stereocenters. The maximum absolute atomic E-state index is 11.6. The largest absolute Gasteiger partial charge is 0.313 e. The molecule has 0 N–H and O–H groups in total. The Labute approximate surface area is 110 Å². The van der Waals surface area contributed by atoms with Crippen LogP contribution >= 0.6 is 15.9 Å². The molecular weight excluding hydrogens is 282 g/mol. The number of hydrogen-bond acceptors (Lipinski definition) is 3. The molecule has 1 saturated heterocycles. The molecule has 1 aliphatic rings. The summed E-state index contributed by atoms with van der Waals surface area (Å²) in [5.74, 6) is 0. The molecule has 94 valence electrons. The van der Waals surface area contributed by atoms with E-state index in [2.05, 4.69) is 32.8 Å². The lowest BCUT2D eigenvalue weighted by molar-refractivity contribution is 0.149. The van der Waals surface area contributed by atoms with Crippen LogP contribution in [0.15, 0.2) is 27.6 Å². The van der Waals surface area contributed by atoms with Gasteiger partial charge in [-0.25, -0.2) is 0 Å². The highest BCUT2D eigenvalue weighted by atomic mass is 79.9. The van der Waals surface area contributed by atoms with E-state index in [1.54, 1.807) is 16.7 Å². The van der Waals surface area contributed by atoms with Crippen molar-refractivity contribution >= 4 is 15.9 Å². The van der Waals surface area contributed by atoms with Gasteiger partial charge in [-0.2, -0.15) is 0 Å². The van der Waals surface area contributed by atoms with Crippen LogP contribution < -0.4 is 5.56 Å². The second kappa shape index (κ2) is 5.80. The van der Waals surface area contributed by atoms with Crippen molar-refractivity contribution in [2.24, 2.45) is 0 Å². The first-order valence-corrected chi connectivity index (χ1v) is 6.71. The Hall–Kier alpha value is -0.650. The van der Waals surface area contributed by atoms with Crippen molar-refractivity contribution in [3.8, 4) is 0 Å². The highest BCUT2D eigenvalue weighted by Crippen LogP contribution is 2.05. The predicted molar refractivity (Wildman–Crippen MR) is 72.3 cm³/mol. The average Bonchev–Trinajstić information content (AvgIpc) is 2.32. The summed E-state index contributed by atoms with van der Waals surface area (Å²) in [5.41, 5.74) is 0.0716. The van der Waals surface area contributed by atoms with E-state index in [0.717, 1.165) is 43.7 Å². The predicted octanol–water partition coefficient (Wildman–Crippen LogP) is 0.858. The lowest BCUT2D eigenvalue weighted by atomic mass is 10.3. The maximum Gasteiger partial charge on any atom is 0.250 e. The van der Waals surface area contributed by atoms with Crippen molar-refractivity contribution in [1.82, 2.24) is 14.4 Å². The van der Waals surface area contributed by atoms with Crippen LogP contribution in [0.4, 0.5) is 0 Å². The van der Waals surface area contributed by atoms with Crippen molar-refractivity contribution < 1.29 is 0 Å². The van der Waals surface area contributed by atoms with Gasteiger partial charge in [0.15, 0.2) is 0 Å². The number of piperazine rings is 1. The third kappa shape index (κ3) is 3.66. The molecule has 1 aliphatic heterocycles. The molecule has 0 radical (unpaired) electrons. The quantitative estimate of drug-likeness (QED) is 0.829. The number of hydrogen-bond donors (Lipinski definition) is 0. The molecule has 0 aromatic carbocycles. The van der Waals surface area contributed by atoms with Gasteiger partial charge in [-0.3, -0.25) is 9.69 Å². The standard InChI is InChI=1S/C12H18BrN3O/c1-14-4-6-15(7-5-14)8-9-16-10-11(13)2-3-12(16)17/h2-3,10H,4-9H2,1H3. The molecule has 0 bridgehead atoms. The molecule has 0 amide bonds. The molecule has 17 heavy (non-hydrogen) atoms. The lowest BCUT2D eigenvalue weighted by Gasteiger charge is -2.32. The highest BCUT2D eigenvalue weighted by molar-refractivity contribution is 9.10. The van der Waals surface area contributed by atoms with Crippen LogP contribution in [-0.2, 0) is 6.54 Å². The third-order valence-corrected chi connectivity index (χ3v) is 3.67. The molecule has 1 aromatic rings. The number of pyridine rings is 1. The molecule has 0 spiro atoms. The van der Waals surface area contributed by atoms with Crippen LogP contribution in [0, 0.1) is 0 Å². The zero-order valence-electron chi connectivity index (χ0n) is 10.1. The fraction of sp³-hybridized carbons (Fsp3) is 0.583. The summed E-state index contributed by atoms with van der Waals surface area (Å²) >= 11 is 3.39. The van der Waals surface area contributed by atoms with Gasteiger partial charge in [-0.05, 0) is 29.0 Å². The minimum atomic E-state index is 0.0716. The molecular formula is C12H18BrN3O. The summed E-state index contributed by atoms with van der Waals surface area (Å²) in [6.45, 7) is 6.14. The van der Waals surface area contributed by atoms with E-state index in [4.69, 9.17) is 0 Å². The third-order valence-electron chi connectivity index (χ3n) is 3.20. The van der Waals surface area contributed by atoms with E-state index in [-0.39, 0.29) is 5.56 Å². The minimum absolute atomic E-state index is 0.0716. The summed E-state index contributed by atoms with van der Waals surface area (Å²) in [6.07, 6.45) is 1.86. The van der Waals surface area contributed by atoms with E-state index in [9.17, 15) is 4.79 Å². The van der Waals surface area contributed by atoms with Crippen molar-refractivity contribution in [2.75, 3.05) is 39.8 Å². The first-order chi connectivity index (χ1) is 8.15. The first kappa shape index (κ1) is 12.8. The Bertz CT molecular complexity index is 424. The second-order valence-corrected chi connectivity index (χ2v) is 5.44. The summed E-state index contributed by atoms with van der Waals surface area (Å²) in [7, 11) is 2.15. The molecule has 4 nitrogen and oxygen atoms in total. The molecule has 1 aromatic heterocycles. The van der Waals surface area contributed by atoms with Gasteiger partial charge in [0.2, 0.25) is 0 Å². The van der Waals surface area contributed by atoms with Gasteiger partial charge in [-0.1, -0.05) is 0 Å². The minimum Gasteiger partial charge on any atom is -0.313 e. The summed E-state index contributed by atoms with van der Waals surface area (Å²) in [4.78, 5) is 16.4. The number of likely N-dealkylation sites (N-methyl/N-ethyl adjacent to an activating group) is 1. The zero-order chi connectivity index (χ0) is 12.3. The smallest absolute Gasteiger partial charge is 0.250 e. The number of aromatic nitrogens is 1. The van der Waals surface area contributed by atoms with Gasteiger partial charge >= 0.3 is 0 Å². The zero-order valence-corrected chi connectivity index (χ0v) is 11.7. The molecule has 5 heteroatoms. The normalized spacial score (nSPS) is 18.5. The molecule has 0 atom stereocenters. The van der Waals surface area contributed by atoms with E-state index in [1.165, 1.54) is 0 Å². The van der Waals surface area contributed by atoms with E-state index >= 15 is 0 Å². The van der Waals surface area contributed by atoms with Crippen LogP contribution in [0.1, 0.15) is 0 Å². The molecule has 1 fully saturated rings. The Balaban J connectivity index is 1.89. The van der Waals surface area contributed by atoms with Crippen LogP contribution in [0.3, 0.4) is 0 Å². The number of halogens is 1. The molecule has 0 saturated carbocycles. The van der Waals surface area contributed by atoms with Crippen molar-refractivity contribution in [1.29, 1.82) is 0 Å². The van der Waals surface area contributed by atoms with E-state index in [0.29, 0.717) is 0 Å². The Morgan fingerprint density at radius 1 is 1.18 bits per heavy atom. The van der Waals surface area contributed by atoms with Crippen LogP contribution in [-0.4, -0.2) is 54.1 Å². The van der Waals surface area contributed by atoms with Crippen molar-refractivity contribution in [3.63, 3.8) is 0 Å². The van der Waals surface area contributed by atoms with Gasteiger partial charge in [0, 0.05) is 56.0 Å². The van der Waals surface area contributed by atoms with Gasteiger partial charge < -0.3 is 9.47 Å². The van der Waals surface area contributed by atoms with Crippen LogP contribution in [0.25, 0.3) is 0 Å². The average molecular weight is 300 g/mol. The molecule has 2 rings (SSSR count). The van der Waals surface area contributed by atoms with Crippen molar-refractivity contribution in [3.05, 3.63) is 33.2 Å². The fourth-order valence-corrected chi connectivity index (χ4v) is 2.38. The second-order valence-electron chi connectivity index (χ2n) is 4.52.